The minimum absolute atomic E-state index is 0.0174. The summed E-state index contributed by atoms with van der Waals surface area (Å²) in [6.45, 7) is 4.10. The lowest BCUT2D eigenvalue weighted by Gasteiger charge is -2.11. The van der Waals surface area contributed by atoms with Gasteiger partial charge in [-0.1, -0.05) is 0 Å². The van der Waals surface area contributed by atoms with E-state index in [0.717, 1.165) is 24.1 Å². The first kappa shape index (κ1) is 17.6. The van der Waals surface area contributed by atoms with Gasteiger partial charge in [0.15, 0.2) is 5.82 Å². The van der Waals surface area contributed by atoms with Crippen molar-refractivity contribution in [2.45, 2.75) is 39.2 Å². The van der Waals surface area contributed by atoms with Gasteiger partial charge in [0, 0.05) is 47.3 Å². The summed E-state index contributed by atoms with van der Waals surface area (Å²) in [5, 5.41) is 4.60. The quantitative estimate of drug-likeness (QED) is 0.651. The number of benzene rings is 1. The van der Waals surface area contributed by atoms with Gasteiger partial charge in [0.1, 0.15) is 23.1 Å². The third-order valence-corrected chi connectivity index (χ3v) is 4.71. The Morgan fingerprint density at radius 3 is 2.41 bits per heavy atom. The summed E-state index contributed by atoms with van der Waals surface area (Å²) in [7, 11) is 0. The van der Waals surface area contributed by atoms with Gasteiger partial charge < -0.3 is 4.74 Å². The Labute approximate surface area is 156 Å². The summed E-state index contributed by atoms with van der Waals surface area (Å²) in [5.41, 5.74) is 2.60. The van der Waals surface area contributed by atoms with Gasteiger partial charge in [-0.25, -0.2) is 18.7 Å². The molecule has 0 bridgehead atoms. The first-order chi connectivity index (χ1) is 13.1. The first-order valence-electron chi connectivity index (χ1n) is 9.04. The molecule has 3 aromatic rings. The lowest BCUT2D eigenvalue weighted by Crippen LogP contribution is -2.10. The smallest absolute Gasteiger partial charge is 0.180 e. The molecule has 0 unspecified atom stereocenters. The van der Waals surface area contributed by atoms with Crippen molar-refractivity contribution in [1.82, 2.24) is 19.7 Å². The minimum atomic E-state index is -0.633. The van der Waals surface area contributed by atoms with Crippen molar-refractivity contribution in [1.29, 1.82) is 0 Å². The predicted octanol–water partition coefficient (Wildman–Crippen LogP) is 4.25. The van der Waals surface area contributed by atoms with Crippen LogP contribution in [0, 0.1) is 18.6 Å². The van der Waals surface area contributed by atoms with Crippen molar-refractivity contribution in [2.75, 3.05) is 6.61 Å². The summed E-state index contributed by atoms with van der Waals surface area (Å²) in [6, 6.07) is 4.18. The van der Waals surface area contributed by atoms with E-state index in [2.05, 4.69) is 15.1 Å². The lowest BCUT2D eigenvalue weighted by molar-refractivity contribution is 0.335. The average molecular weight is 370 g/mol. The van der Waals surface area contributed by atoms with Gasteiger partial charge in [0.05, 0.1) is 13.2 Å². The number of aromatic nitrogens is 4. The van der Waals surface area contributed by atoms with Crippen molar-refractivity contribution in [3.05, 3.63) is 59.0 Å². The van der Waals surface area contributed by atoms with E-state index >= 15 is 0 Å². The molecule has 0 saturated heterocycles. The van der Waals surface area contributed by atoms with Gasteiger partial charge in [-0.2, -0.15) is 5.10 Å². The summed E-state index contributed by atoms with van der Waals surface area (Å²) >= 11 is 0. The summed E-state index contributed by atoms with van der Waals surface area (Å²) in [5.74, 6) is -0.197. The third-order valence-electron chi connectivity index (χ3n) is 4.71. The highest BCUT2D eigenvalue weighted by Crippen LogP contribution is 2.43. The van der Waals surface area contributed by atoms with Crippen LogP contribution in [0.1, 0.15) is 42.5 Å². The van der Waals surface area contributed by atoms with E-state index in [1.54, 1.807) is 30.1 Å². The lowest BCUT2D eigenvalue weighted by atomic mass is 10.1. The second kappa shape index (κ2) is 7.06. The average Bonchev–Trinajstić information content (AvgIpc) is 3.43. The Hall–Kier alpha value is -2.83. The van der Waals surface area contributed by atoms with Crippen molar-refractivity contribution in [3.8, 4) is 17.3 Å². The van der Waals surface area contributed by atoms with Crippen LogP contribution in [0.5, 0.6) is 5.75 Å². The van der Waals surface area contributed by atoms with Crippen LogP contribution in [-0.4, -0.2) is 26.4 Å². The fourth-order valence-corrected chi connectivity index (χ4v) is 3.32. The molecule has 0 N–H and O–H groups in total. The predicted molar refractivity (Wildman–Crippen MR) is 96.6 cm³/mol. The molecule has 1 aliphatic carbocycles. The van der Waals surface area contributed by atoms with Crippen LogP contribution >= 0.6 is 0 Å². The van der Waals surface area contributed by atoms with Crippen molar-refractivity contribution < 1.29 is 13.5 Å². The maximum absolute atomic E-state index is 14.5. The van der Waals surface area contributed by atoms with E-state index in [4.69, 9.17) is 4.74 Å². The molecule has 5 nitrogen and oxygen atoms in total. The van der Waals surface area contributed by atoms with Gasteiger partial charge in [0.25, 0.3) is 0 Å². The highest BCUT2D eigenvalue weighted by atomic mass is 19.1. The maximum Gasteiger partial charge on any atom is 0.180 e. The second-order valence-electron chi connectivity index (χ2n) is 6.66. The standard InChI is InChI=1S/C20H20F2N4O/c1-3-27-14-9-16(21)15(17(22)10-14)11-26-19(13-5-6-13)12(2)18(25-26)20-23-7-4-8-24-20/h4,7-10,13H,3,5-6,11H2,1-2H3. The second-order valence-corrected chi connectivity index (χ2v) is 6.66. The fraction of sp³-hybridized carbons (Fsp3) is 0.350. The molecule has 0 spiro atoms. The van der Waals surface area contributed by atoms with Crippen LogP contribution in [0.25, 0.3) is 11.5 Å². The molecular formula is C20H20F2N4O. The van der Waals surface area contributed by atoms with E-state index in [1.165, 1.54) is 12.1 Å². The van der Waals surface area contributed by atoms with Gasteiger partial charge in [-0.3, -0.25) is 4.68 Å². The van der Waals surface area contributed by atoms with Crippen LogP contribution in [0.2, 0.25) is 0 Å². The molecule has 0 amide bonds. The normalized spacial score (nSPS) is 13.8. The zero-order valence-corrected chi connectivity index (χ0v) is 15.2. The van der Waals surface area contributed by atoms with E-state index in [0.29, 0.717) is 24.0 Å². The molecule has 2 aromatic heterocycles. The molecule has 140 valence electrons. The summed E-state index contributed by atoms with van der Waals surface area (Å²) < 4.78 is 35.9. The number of ether oxygens (including phenoxy) is 1. The summed E-state index contributed by atoms with van der Waals surface area (Å²) in [4.78, 5) is 8.53. The Morgan fingerprint density at radius 2 is 1.81 bits per heavy atom. The molecule has 1 aromatic carbocycles. The number of hydrogen-bond donors (Lipinski definition) is 0. The van der Waals surface area contributed by atoms with Crippen molar-refractivity contribution >= 4 is 0 Å². The Kier molecular flexibility index (Phi) is 4.59. The molecule has 2 heterocycles. The highest BCUT2D eigenvalue weighted by molar-refractivity contribution is 5.56. The van der Waals surface area contributed by atoms with E-state index < -0.39 is 11.6 Å². The number of hydrogen-bond acceptors (Lipinski definition) is 4. The molecule has 1 fully saturated rings. The van der Waals surface area contributed by atoms with Crippen LogP contribution in [0.3, 0.4) is 0 Å². The van der Waals surface area contributed by atoms with Crippen LogP contribution in [0.15, 0.2) is 30.6 Å². The van der Waals surface area contributed by atoms with Crippen LogP contribution < -0.4 is 4.74 Å². The SMILES string of the molecule is CCOc1cc(F)c(Cn2nc(-c3ncccn3)c(C)c2C2CC2)c(F)c1. The molecular weight excluding hydrogens is 350 g/mol. The molecule has 1 saturated carbocycles. The molecule has 4 rings (SSSR count). The first-order valence-corrected chi connectivity index (χ1v) is 9.04. The molecule has 7 heteroatoms. The Morgan fingerprint density at radius 1 is 1.15 bits per heavy atom. The van der Waals surface area contributed by atoms with E-state index in [-0.39, 0.29) is 17.9 Å². The molecule has 0 aliphatic heterocycles. The van der Waals surface area contributed by atoms with Gasteiger partial charge >= 0.3 is 0 Å². The van der Waals surface area contributed by atoms with E-state index in [9.17, 15) is 8.78 Å². The number of halogens is 2. The van der Waals surface area contributed by atoms with E-state index in [1.807, 2.05) is 6.92 Å². The van der Waals surface area contributed by atoms with Gasteiger partial charge in [-0.15, -0.1) is 0 Å². The number of nitrogens with zero attached hydrogens (tertiary/aromatic N) is 4. The topological polar surface area (TPSA) is 52.8 Å². The van der Waals surface area contributed by atoms with Crippen molar-refractivity contribution in [2.24, 2.45) is 0 Å². The molecule has 0 atom stereocenters. The molecule has 1 aliphatic rings. The molecule has 0 radical (unpaired) electrons. The summed E-state index contributed by atoms with van der Waals surface area (Å²) in [6.07, 6.45) is 5.42. The maximum atomic E-state index is 14.5. The Bertz CT molecular complexity index is 945. The Balaban J connectivity index is 1.74. The zero-order chi connectivity index (χ0) is 19.0. The van der Waals surface area contributed by atoms with Gasteiger partial charge in [-0.05, 0) is 32.8 Å². The largest absolute Gasteiger partial charge is 0.494 e. The monoisotopic (exact) mass is 370 g/mol. The van der Waals surface area contributed by atoms with Crippen molar-refractivity contribution in [3.63, 3.8) is 0 Å². The minimum Gasteiger partial charge on any atom is -0.494 e. The van der Waals surface area contributed by atoms with Crippen LogP contribution in [0.4, 0.5) is 8.78 Å². The fourth-order valence-electron chi connectivity index (χ4n) is 3.32. The number of rotatable bonds is 6. The van der Waals surface area contributed by atoms with Gasteiger partial charge in [0.2, 0.25) is 0 Å². The zero-order valence-electron chi connectivity index (χ0n) is 15.2. The third kappa shape index (κ3) is 3.41. The highest BCUT2D eigenvalue weighted by Gasteiger charge is 2.32. The molecule has 27 heavy (non-hydrogen) atoms. The van der Waals surface area contributed by atoms with Crippen LogP contribution in [-0.2, 0) is 6.54 Å².